The number of carbonyl (C=O) groups excluding carboxylic acids is 1. The Morgan fingerprint density at radius 3 is 2.58 bits per heavy atom. The second-order valence-electron chi connectivity index (χ2n) is 5.60. The molecule has 1 amide bonds. The molecule has 0 saturated heterocycles. The van der Waals surface area contributed by atoms with Crippen LogP contribution >= 0.6 is 0 Å². The first-order valence-corrected chi connectivity index (χ1v) is 8.93. The first kappa shape index (κ1) is 16.5. The van der Waals surface area contributed by atoms with Crippen molar-refractivity contribution in [2.45, 2.75) is 17.9 Å². The maximum atomic E-state index is 12.9. The summed E-state index contributed by atoms with van der Waals surface area (Å²) in [6, 6.07) is 13.6. The van der Waals surface area contributed by atoms with Gasteiger partial charge in [0.1, 0.15) is 5.75 Å². The van der Waals surface area contributed by atoms with E-state index in [2.05, 4.69) is 5.32 Å². The minimum absolute atomic E-state index is 0.0654. The molecule has 0 bridgehead atoms. The topological polar surface area (TPSA) is 75.7 Å². The molecule has 1 unspecified atom stereocenters. The van der Waals surface area contributed by atoms with E-state index in [9.17, 15) is 13.2 Å². The summed E-state index contributed by atoms with van der Waals surface area (Å²) in [6.07, 6.45) is 0. The van der Waals surface area contributed by atoms with E-state index in [0.29, 0.717) is 11.4 Å². The molecular formula is C17H18N2O4S. The van der Waals surface area contributed by atoms with Gasteiger partial charge in [-0.25, -0.2) is 8.42 Å². The molecule has 0 aromatic heterocycles. The second-order valence-corrected chi connectivity index (χ2v) is 7.60. The summed E-state index contributed by atoms with van der Waals surface area (Å²) in [4.78, 5) is 11.5. The zero-order chi connectivity index (χ0) is 17.3. The normalized spacial score (nSPS) is 15.4. The monoisotopic (exact) mass is 346 g/mol. The molecule has 3 rings (SSSR count). The highest BCUT2D eigenvalue weighted by Gasteiger charge is 2.28. The number of anilines is 1. The molecule has 1 heterocycles. The van der Waals surface area contributed by atoms with Gasteiger partial charge in [-0.15, -0.1) is 0 Å². The molecule has 1 aliphatic rings. The fourth-order valence-corrected chi connectivity index (χ4v) is 3.92. The Bertz CT molecular complexity index is 865. The van der Waals surface area contributed by atoms with Gasteiger partial charge >= 0.3 is 0 Å². The van der Waals surface area contributed by atoms with Gasteiger partial charge in [0.05, 0.1) is 10.6 Å². The molecule has 2 aromatic rings. The van der Waals surface area contributed by atoms with Crippen LogP contribution in [-0.4, -0.2) is 32.3 Å². The van der Waals surface area contributed by atoms with Gasteiger partial charge < -0.3 is 10.1 Å². The Labute approximate surface area is 141 Å². The first-order valence-electron chi connectivity index (χ1n) is 7.49. The van der Waals surface area contributed by atoms with Gasteiger partial charge in [0.2, 0.25) is 10.0 Å². The summed E-state index contributed by atoms with van der Waals surface area (Å²) in [5, 5.41) is 2.63. The predicted octanol–water partition coefficient (Wildman–Crippen LogP) is 2.40. The maximum Gasteiger partial charge on any atom is 0.262 e. The lowest BCUT2D eigenvalue weighted by atomic mass is 10.1. The van der Waals surface area contributed by atoms with Gasteiger partial charge in [0.25, 0.3) is 5.91 Å². The minimum Gasteiger partial charge on any atom is -0.482 e. The van der Waals surface area contributed by atoms with E-state index in [4.69, 9.17) is 4.74 Å². The summed E-state index contributed by atoms with van der Waals surface area (Å²) >= 11 is 0. The van der Waals surface area contributed by atoms with Crippen molar-refractivity contribution in [3.63, 3.8) is 0 Å². The van der Waals surface area contributed by atoms with Crippen LogP contribution in [0.5, 0.6) is 5.75 Å². The Balaban J connectivity index is 1.93. The van der Waals surface area contributed by atoms with Crippen LogP contribution in [0.3, 0.4) is 0 Å². The lowest BCUT2D eigenvalue weighted by molar-refractivity contribution is -0.118. The van der Waals surface area contributed by atoms with Gasteiger partial charge in [-0.05, 0) is 30.7 Å². The highest BCUT2D eigenvalue weighted by molar-refractivity contribution is 7.89. The van der Waals surface area contributed by atoms with Gasteiger partial charge in [-0.2, -0.15) is 4.31 Å². The highest BCUT2D eigenvalue weighted by atomic mass is 32.2. The molecule has 6 nitrogen and oxygen atoms in total. The summed E-state index contributed by atoms with van der Waals surface area (Å²) in [5.41, 5.74) is 1.27. The van der Waals surface area contributed by atoms with Crippen molar-refractivity contribution in [2.24, 2.45) is 0 Å². The van der Waals surface area contributed by atoms with Crippen molar-refractivity contribution in [3.8, 4) is 5.75 Å². The standard InChI is InChI=1S/C17H18N2O4S/c1-12(13-6-4-3-5-7-13)19(2)24(21,22)14-8-9-16-15(10-14)18-17(20)11-23-16/h3-10,12H,11H2,1-2H3,(H,18,20). The SMILES string of the molecule is CC(c1ccccc1)N(C)S(=O)(=O)c1ccc2c(c1)NC(=O)CO2. The molecular weight excluding hydrogens is 328 g/mol. The molecule has 0 spiro atoms. The average molecular weight is 346 g/mol. The predicted molar refractivity (Wildman–Crippen MR) is 90.4 cm³/mol. The zero-order valence-corrected chi connectivity index (χ0v) is 14.2. The van der Waals surface area contributed by atoms with E-state index in [-0.39, 0.29) is 23.5 Å². The summed E-state index contributed by atoms with van der Waals surface area (Å²) in [6.45, 7) is 1.76. The molecule has 0 radical (unpaired) electrons. The van der Waals surface area contributed by atoms with Crippen molar-refractivity contribution in [1.29, 1.82) is 0 Å². The van der Waals surface area contributed by atoms with E-state index in [0.717, 1.165) is 5.56 Å². The second kappa shape index (κ2) is 6.26. The average Bonchev–Trinajstić information content (AvgIpc) is 2.60. The van der Waals surface area contributed by atoms with E-state index in [1.165, 1.54) is 16.4 Å². The molecule has 1 atom stereocenters. The molecule has 24 heavy (non-hydrogen) atoms. The summed E-state index contributed by atoms with van der Waals surface area (Å²) < 4.78 is 32.3. The van der Waals surface area contributed by atoms with E-state index < -0.39 is 10.0 Å². The number of hydrogen-bond acceptors (Lipinski definition) is 4. The van der Waals surface area contributed by atoms with Crippen molar-refractivity contribution in [2.75, 3.05) is 19.0 Å². The van der Waals surface area contributed by atoms with Crippen LogP contribution in [0.1, 0.15) is 18.5 Å². The molecule has 0 saturated carbocycles. The molecule has 0 fully saturated rings. The Morgan fingerprint density at radius 1 is 1.17 bits per heavy atom. The largest absolute Gasteiger partial charge is 0.482 e. The summed E-state index contributed by atoms with van der Waals surface area (Å²) in [5.74, 6) is 0.162. The highest BCUT2D eigenvalue weighted by Crippen LogP contribution is 2.32. The number of nitrogens with zero attached hydrogens (tertiary/aromatic N) is 1. The fraction of sp³-hybridized carbons (Fsp3) is 0.235. The Kier molecular flexibility index (Phi) is 4.29. The lowest BCUT2D eigenvalue weighted by Gasteiger charge is -2.25. The van der Waals surface area contributed by atoms with Crippen molar-refractivity contribution < 1.29 is 17.9 Å². The van der Waals surface area contributed by atoms with Crippen LogP contribution in [0, 0.1) is 0 Å². The minimum atomic E-state index is -3.71. The number of benzene rings is 2. The smallest absolute Gasteiger partial charge is 0.262 e. The van der Waals surface area contributed by atoms with Gasteiger partial charge in [0.15, 0.2) is 6.61 Å². The number of sulfonamides is 1. The number of hydrogen-bond donors (Lipinski definition) is 1. The van der Waals surface area contributed by atoms with Gasteiger partial charge in [-0.3, -0.25) is 4.79 Å². The molecule has 1 aliphatic heterocycles. The number of rotatable bonds is 4. The lowest BCUT2D eigenvalue weighted by Crippen LogP contribution is -2.30. The quantitative estimate of drug-likeness (QED) is 0.922. The van der Waals surface area contributed by atoms with Crippen molar-refractivity contribution >= 4 is 21.6 Å². The van der Waals surface area contributed by atoms with E-state index in [1.54, 1.807) is 13.1 Å². The third-order valence-electron chi connectivity index (χ3n) is 4.09. The van der Waals surface area contributed by atoms with Crippen molar-refractivity contribution in [3.05, 3.63) is 54.1 Å². The molecule has 2 aromatic carbocycles. The van der Waals surface area contributed by atoms with E-state index in [1.807, 2.05) is 37.3 Å². The Hall–Kier alpha value is -2.38. The van der Waals surface area contributed by atoms with E-state index >= 15 is 0 Å². The molecule has 0 aliphatic carbocycles. The number of fused-ring (bicyclic) bond motifs is 1. The van der Waals surface area contributed by atoms with Crippen LogP contribution in [0.2, 0.25) is 0 Å². The summed E-state index contributed by atoms with van der Waals surface area (Å²) in [7, 11) is -2.17. The number of nitrogens with one attached hydrogen (secondary N) is 1. The van der Waals surface area contributed by atoms with Crippen LogP contribution in [-0.2, 0) is 14.8 Å². The number of carbonyl (C=O) groups is 1. The van der Waals surface area contributed by atoms with Gasteiger partial charge in [0, 0.05) is 13.1 Å². The zero-order valence-electron chi connectivity index (χ0n) is 13.4. The van der Waals surface area contributed by atoms with Gasteiger partial charge in [-0.1, -0.05) is 30.3 Å². The maximum absolute atomic E-state index is 12.9. The molecule has 1 N–H and O–H groups in total. The van der Waals surface area contributed by atoms with Crippen LogP contribution in [0.15, 0.2) is 53.4 Å². The third-order valence-corrected chi connectivity index (χ3v) is 6.01. The van der Waals surface area contributed by atoms with Crippen molar-refractivity contribution in [1.82, 2.24) is 4.31 Å². The van der Waals surface area contributed by atoms with Crippen LogP contribution in [0.4, 0.5) is 5.69 Å². The molecule has 7 heteroatoms. The number of amides is 1. The first-order chi connectivity index (χ1) is 11.4. The number of ether oxygens (including phenoxy) is 1. The van der Waals surface area contributed by atoms with Crippen LogP contribution < -0.4 is 10.1 Å². The fourth-order valence-electron chi connectivity index (χ4n) is 2.54. The Morgan fingerprint density at radius 2 is 1.88 bits per heavy atom. The third kappa shape index (κ3) is 3.00. The van der Waals surface area contributed by atoms with Crippen LogP contribution in [0.25, 0.3) is 0 Å². The molecule has 126 valence electrons.